The summed E-state index contributed by atoms with van der Waals surface area (Å²) in [6, 6.07) is 8.01. The molecule has 0 aliphatic carbocycles. The van der Waals surface area contributed by atoms with Gasteiger partial charge in [0.1, 0.15) is 6.61 Å². The van der Waals surface area contributed by atoms with Crippen LogP contribution in [0.5, 0.6) is 0 Å². The van der Waals surface area contributed by atoms with E-state index in [0.29, 0.717) is 6.54 Å². The normalized spacial score (nSPS) is 13.2. The Bertz CT molecular complexity index is 663. The van der Waals surface area contributed by atoms with Crippen LogP contribution in [-0.4, -0.2) is 16.0 Å². The Kier molecular flexibility index (Phi) is 3.52. The summed E-state index contributed by atoms with van der Waals surface area (Å²) >= 11 is 1.55. The number of carbonyl (C=O) groups excluding carboxylic acids is 1. The summed E-state index contributed by atoms with van der Waals surface area (Å²) in [4.78, 5) is 17.9. The fourth-order valence-corrected chi connectivity index (χ4v) is 2.66. The molecule has 1 aromatic heterocycles. The van der Waals surface area contributed by atoms with E-state index in [-0.39, 0.29) is 12.7 Å². The molecule has 0 radical (unpaired) electrons. The highest BCUT2D eigenvalue weighted by Crippen LogP contribution is 2.20. The van der Waals surface area contributed by atoms with Gasteiger partial charge in [0.15, 0.2) is 0 Å². The van der Waals surface area contributed by atoms with Crippen LogP contribution in [0.15, 0.2) is 35.8 Å². The van der Waals surface area contributed by atoms with Gasteiger partial charge in [-0.1, -0.05) is 24.3 Å². The van der Waals surface area contributed by atoms with Crippen LogP contribution >= 0.6 is 11.3 Å². The zero-order valence-corrected chi connectivity index (χ0v) is 11.9. The topological polar surface area (TPSA) is 42.4 Å². The molecular weight excluding hydrogens is 272 g/mol. The van der Waals surface area contributed by atoms with Crippen LogP contribution in [0.2, 0.25) is 0 Å². The van der Waals surface area contributed by atoms with E-state index in [1.54, 1.807) is 22.4 Å². The molecule has 3 rings (SSSR count). The Balaban J connectivity index is 1.62. The van der Waals surface area contributed by atoms with Crippen molar-refractivity contribution in [1.82, 2.24) is 9.88 Å². The van der Waals surface area contributed by atoms with Crippen molar-refractivity contribution in [2.75, 3.05) is 0 Å². The first-order valence-corrected chi connectivity index (χ1v) is 7.21. The maximum absolute atomic E-state index is 12.0. The monoisotopic (exact) mass is 286 g/mol. The van der Waals surface area contributed by atoms with Gasteiger partial charge >= 0.3 is 6.09 Å². The smallest absolute Gasteiger partial charge is 0.414 e. The van der Waals surface area contributed by atoms with Crippen molar-refractivity contribution >= 4 is 23.5 Å². The molecule has 102 valence electrons. The molecule has 5 heteroatoms. The average Bonchev–Trinajstić information content (AvgIpc) is 2.90. The first-order valence-electron chi connectivity index (χ1n) is 6.33. The molecule has 1 aliphatic rings. The predicted octanol–water partition coefficient (Wildman–Crippen LogP) is 3.57. The number of carbonyl (C=O) groups is 1. The van der Waals surface area contributed by atoms with Gasteiger partial charge in [0.2, 0.25) is 0 Å². The molecule has 1 aliphatic heterocycles. The van der Waals surface area contributed by atoms with Gasteiger partial charge in [-0.25, -0.2) is 9.78 Å². The Labute approximate surface area is 121 Å². The summed E-state index contributed by atoms with van der Waals surface area (Å²) in [5.74, 6) is 0. The van der Waals surface area contributed by atoms with E-state index < -0.39 is 0 Å². The standard InChI is InChI=1S/C15H14N2O2S/c1-11-16-14(10-20-11)9-19-15(18)17-7-6-12-4-2-3-5-13(12)8-17/h2-7,10H,8-9H2,1H3. The van der Waals surface area contributed by atoms with E-state index >= 15 is 0 Å². The molecule has 20 heavy (non-hydrogen) atoms. The van der Waals surface area contributed by atoms with Crippen LogP contribution in [-0.2, 0) is 17.9 Å². The van der Waals surface area contributed by atoms with Crippen molar-refractivity contribution in [3.8, 4) is 0 Å². The number of ether oxygens (including phenoxy) is 1. The van der Waals surface area contributed by atoms with Crippen molar-refractivity contribution in [2.45, 2.75) is 20.1 Å². The molecule has 0 N–H and O–H groups in total. The highest BCUT2D eigenvalue weighted by Gasteiger charge is 2.17. The van der Waals surface area contributed by atoms with Gasteiger partial charge in [0.25, 0.3) is 0 Å². The number of aryl methyl sites for hydroxylation is 1. The molecule has 0 fully saturated rings. The largest absolute Gasteiger partial charge is 0.443 e. The van der Waals surface area contributed by atoms with Crippen LogP contribution in [0.25, 0.3) is 6.08 Å². The maximum Gasteiger partial charge on any atom is 0.414 e. The second-order valence-corrected chi connectivity index (χ2v) is 5.62. The summed E-state index contributed by atoms with van der Waals surface area (Å²) in [7, 11) is 0. The molecule has 0 bridgehead atoms. The molecule has 4 nitrogen and oxygen atoms in total. The number of fused-ring (bicyclic) bond motifs is 1. The Morgan fingerprint density at radius 2 is 2.30 bits per heavy atom. The lowest BCUT2D eigenvalue weighted by Gasteiger charge is -2.22. The van der Waals surface area contributed by atoms with Crippen molar-refractivity contribution in [3.05, 3.63) is 57.7 Å². The molecule has 2 heterocycles. The molecule has 1 aromatic carbocycles. The first-order chi connectivity index (χ1) is 9.72. The van der Waals surface area contributed by atoms with Crippen LogP contribution in [0, 0.1) is 6.92 Å². The summed E-state index contributed by atoms with van der Waals surface area (Å²) in [6.45, 7) is 2.69. The third-order valence-corrected chi connectivity index (χ3v) is 3.90. The fraction of sp³-hybridized carbons (Fsp3) is 0.200. The predicted molar refractivity (Wildman–Crippen MR) is 78.1 cm³/mol. The minimum atomic E-state index is -0.346. The van der Waals surface area contributed by atoms with E-state index in [1.807, 2.05) is 42.6 Å². The van der Waals surface area contributed by atoms with Gasteiger partial charge in [-0.05, 0) is 24.1 Å². The number of rotatable bonds is 2. The van der Waals surface area contributed by atoms with E-state index in [2.05, 4.69) is 4.98 Å². The number of hydrogen-bond donors (Lipinski definition) is 0. The summed E-state index contributed by atoms with van der Waals surface area (Å²) in [6.07, 6.45) is 3.34. The lowest BCUT2D eigenvalue weighted by molar-refractivity contribution is 0.107. The van der Waals surface area contributed by atoms with Gasteiger partial charge in [-0.2, -0.15) is 0 Å². The first kappa shape index (κ1) is 12.9. The number of hydrogen-bond acceptors (Lipinski definition) is 4. The van der Waals surface area contributed by atoms with E-state index in [4.69, 9.17) is 4.74 Å². The molecule has 2 aromatic rings. The Morgan fingerprint density at radius 3 is 3.10 bits per heavy atom. The number of amides is 1. The average molecular weight is 286 g/mol. The third kappa shape index (κ3) is 2.72. The lowest BCUT2D eigenvalue weighted by Crippen LogP contribution is -2.28. The van der Waals surface area contributed by atoms with Gasteiger partial charge in [-0.3, -0.25) is 4.90 Å². The Hall–Kier alpha value is -2.14. The fourth-order valence-electron chi connectivity index (χ4n) is 2.07. The van der Waals surface area contributed by atoms with Crippen molar-refractivity contribution in [1.29, 1.82) is 0 Å². The van der Waals surface area contributed by atoms with Crippen LogP contribution < -0.4 is 0 Å². The second-order valence-electron chi connectivity index (χ2n) is 4.55. The summed E-state index contributed by atoms with van der Waals surface area (Å²) < 4.78 is 5.28. The van der Waals surface area contributed by atoms with Crippen molar-refractivity contribution in [2.24, 2.45) is 0 Å². The minimum Gasteiger partial charge on any atom is -0.443 e. The van der Waals surface area contributed by atoms with E-state index in [9.17, 15) is 4.79 Å². The Morgan fingerprint density at radius 1 is 1.45 bits per heavy atom. The number of aromatic nitrogens is 1. The molecular formula is C15H14N2O2S. The van der Waals surface area contributed by atoms with Gasteiger partial charge in [-0.15, -0.1) is 11.3 Å². The summed E-state index contributed by atoms with van der Waals surface area (Å²) in [5, 5.41) is 2.88. The minimum absolute atomic E-state index is 0.217. The molecule has 1 amide bonds. The van der Waals surface area contributed by atoms with E-state index in [0.717, 1.165) is 21.8 Å². The highest BCUT2D eigenvalue weighted by molar-refractivity contribution is 7.09. The van der Waals surface area contributed by atoms with Crippen LogP contribution in [0.4, 0.5) is 4.79 Å². The summed E-state index contributed by atoms with van der Waals surface area (Å²) in [5.41, 5.74) is 3.06. The van der Waals surface area contributed by atoms with E-state index in [1.165, 1.54) is 0 Å². The zero-order chi connectivity index (χ0) is 13.9. The van der Waals surface area contributed by atoms with Gasteiger partial charge in [0, 0.05) is 11.6 Å². The van der Waals surface area contributed by atoms with Gasteiger partial charge in [0.05, 0.1) is 17.2 Å². The molecule has 0 saturated carbocycles. The number of benzene rings is 1. The van der Waals surface area contributed by atoms with Crippen LogP contribution in [0.1, 0.15) is 21.8 Å². The maximum atomic E-state index is 12.0. The number of thiazole rings is 1. The van der Waals surface area contributed by atoms with Crippen molar-refractivity contribution in [3.63, 3.8) is 0 Å². The molecule has 0 saturated heterocycles. The number of nitrogens with zero attached hydrogens (tertiary/aromatic N) is 2. The SMILES string of the molecule is Cc1nc(COC(=O)N2C=Cc3ccccc3C2)cs1. The lowest BCUT2D eigenvalue weighted by atomic mass is 10.1. The van der Waals surface area contributed by atoms with Crippen LogP contribution in [0.3, 0.4) is 0 Å². The quantitative estimate of drug-likeness (QED) is 0.847. The molecule has 0 unspecified atom stereocenters. The molecule has 0 atom stereocenters. The third-order valence-electron chi connectivity index (χ3n) is 3.07. The zero-order valence-electron chi connectivity index (χ0n) is 11.1. The molecule has 0 spiro atoms. The second kappa shape index (κ2) is 5.46. The van der Waals surface area contributed by atoms with Crippen molar-refractivity contribution < 1.29 is 9.53 Å². The van der Waals surface area contributed by atoms with Gasteiger partial charge < -0.3 is 4.74 Å². The highest BCUT2D eigenvalue weighted by atomic mass is 32.1.